The number of hydrogen-bond donors (Lipinski definition) is 1. The first kappa shape index (κ1) is 19.6. The van der Waals surface area contributed by atoms with E-state index in [2.05, 4.69) is 0 Å². The highest BCUT2D eigenvalue weighted by Crippen LogP contribution is 2.10. The molecule has 1 rings (SSSR count). The third kappa shape index (κ3) is 7.27. The number of methoxy groups -OCH3 is 1. The number of hydrogen-bond acceptors (Lipinski definition) is 4. The lowest BCUT2D eigenvalue weighted by molar-refractivity contribution is -0.133. The van der Waals surface area contributed by atoms with Crippen LogP contribution in [0.3, 0.4) is 0 Å². The van der Waals surface area contributed by atoms with Crippen molar-refractivity contribution in [3.05, 3.63) is 30.1 Å². The van der Waals surface area contributed by atoms with Crippen molar-refractivity contribution in [2.45, 2.75) is 13.0 Å². The van der Waals surface area contributed by atoms with Gasteiger partial charge in [0.15, 0.2) is 0 Å². The molecule has 0 spiro atoms. The molecule has 0 aliphatic carbocycles. The molecule has 21 heavy (non-hydrogen) atoms. The summed E-state index contributed by atoms with van der Waals surface area (Å²) in [4.78, 5) is 13.5. The maximum Gasteiger partial charge on any atom is 0.239 e. The number of carbonyl (C=O) groups is 1. The number of ether oxygens (including phenoxy) is 2. The van der Waals surface area contributed by atoms with E-state index in [0.717, 1.165) is 0 Å². The molecule has 1 aromatic rings. The van der Waals surface area contributed by atoms with Gasteiger partial charge in [0.25, 0.3) is 0 Å². The fraction of sp³-hybridized carbons (Fsp3) is 0.500. The van der Waals surface area contributed by atoms with Gasteiger partial charge >= 0.3 is 0 Å². The molecule has 120 valence electrons. The molecule has 0 fully saturated rings. The van der Waals surface area contributed by atoms with Crippen LogP contribution in [0.1, 0.15) is 6.92 Å². The zero-order valence-corrected chi connectivity index (χ0v) is 13.1. The molecule has 2 N–H and O–H groups in total. The average Bonchev–Trinajstić information content (AvgIpc) is 2.43. The van der Waals surface area contributed by atoms with Crippen molar-refractivity contribution in [3.63, 3.8) is 0 Å². The summed E-state index contributed by atoms with van der Waals surface area (Å²) < 4.78 is 23.2. The van der Waals surface area contributed by atoms with Gasteiger partial charge in [0, 0.05) is 13.7 Å². The summed E-state index contributed by atoms with van der Waals surface area (Å²) in [7, 11) is 1.57. The van der Waals surface area contributed by atoms with Gasteiger partial charge in [0.1, 0.15) is 18.2 Å². The second-order valence-corrected chi connectivity index (χ2v) is 4.41. The van der Waals surface area contributed by atoms with E-state index in [-0.39, 0.29) is 24.1 Å². The van der Waals surface area contributed by atoms with Gasteiger partial charge in [0.2, 0.25) is 5.91 Å². The fourth-order valence-electron chi connectivity index (χ4n) is 1.63. The zero-order chi connectivity index (χ0) is 15.0. The predicted molar refractivity (Wildman–Crippen MR) is 81.2 cm³/mol. The minimum Gasteiger partial charge on any atom is -0.492 e. The molecule has 5 nitrogen and oxygen atoms in total. The molecule has 7 heteroatoms. The van der Waals surface area contributed by atoms with Crippen molar-refractivity contribution < 1.29 is 18.7 Å². The van der Waals surface area contributed by atoms with Crippen molar-refractivity contribution in [1.82, 2.24) is 4.90 Å². The molecule has 1 amide bonds. The normalized spacial score (nSPS) is 11.4. The Morgan fingerprint density at radius 3 is 2.38 bits per heavy atom. The van der Waals surface area contributed by atoms with E-state index >= 15 is 0 Å². The van der Waals surface area contributed by atoms with Crippen LogP contribution in [0.25, 0.3) is 0 Å². The van der Waals surface area contributed by atoms with Gasteiger partial charge in [-0.25, -0.2) is 4.39 Å². The van der Waals surface area contributed by atoms with Crippen molar-refractivity contribution in [2.24, 2.45) is 5.73 Å². The summed E-state index contributed by atoms with van der Waals surface area (Å²) in [6.07, 6.45) is 0. The van der Waals surface area contributed by atoms with Gasteiger partial charge < -0.3 is 20.1 Å². The Kier molecular flexibility index (Phi) is 9.69. The third-order valence-electron chi connectivity index (χ3n) is 2.71. The molecule has 1 aromatic carbocycles. The Morgan fingerprint density at radius 1 is 1.29 bits per heavy atom. The van der Waals surface area contributed by atoms with E-state index < -0.39 is 6.04 Å². The van der Waals surface area contributed by atoms with E-state index in [9.17, 15) is 9.18 Å². The number of benzene rings is 1. The maximum absolute atomic E-state index is 12.7. The largest absolute Gasteiger partial charge is 0.492 e. The van der Waals surface area contributed by atoms with Crippen molar-refractivity contribution in [3.8, 4) is 5.75 Å². The number of nitrogens with zero attached hydrogens (tertiary/aromatic N) is 1. The van der Waals surface area contributed by atoms with Crippen LogP contribution in [0.4, 0.5) is 4.39 Å². The number of halogens is 2. The van der Waals surface area contributed by atoms with Crippen molar-refractivity contribution >= 4 is 18.3 Å². The summed E-state index contributed by atoms with van der Waals surface area (Å²) in [5, 5.41) is 0. The van der Waals surface area contributed by atoms with Crippen molar-refractivity contribution in [2.75, 3.05) is 33.4 Å². The molecule has 0 radical (unpaired) electrons. The van der Waals surface area contributed by atoms with E-state index in [1.165, 1.54) is 12.1 Å². The number of carbonyl (C=O) groups excluding carboxylic acids is 1. The summed E-state index contributed by atoms with van der Waals surface area (Å²) in [5.74, 6) is 0.0994. The highest BCUT2D eigenvalue weighted by atomic mass is 35.5. The Hall–Kier alpha value is -1.37. The lowest BCUT2D eigenvalue weighted by Crippen LogP contribution is -2.45. The molecule has 0 heterocycles. The third-order valence-corrected chi connectivity index (χ3v) is 2.71. The monoisotopic (exact) mass is 320 g/mol. The Bertz CT molecular complexity index is 415. The van der Waals surface area contributed by atoms with E-state index in [1.54, 1.807) is 31.1 Å². The molecular weight excluding hydrogens is 299 g/mol. The van der Waals surface area contributed by atoms with Crippen LogP contribution < -0.4 is 10.5 Å². The number of nitrogens with two attached hydrogens (primary N) is 1. The van der Waals surface area contributed by atoms with Crippen LogP contribution in [-0.2, 0) is 9.53 Å². The highest BCUT2D eigenvalue weighted by molar-refractivity contribution is 5.85. The molecule has 1 atom stereocenters. The second kappa shape index (κ2) is 10.4. The number of amides is 1. The first-order valence-corrected chi connectivity index (χ1v) is 6.46. The van der Waals surface area contributed by atoms with Crippen LogP contribution in [0.2, 0.25) is 0 Å². The topological polar surface area (TPSA) is 64.8 Å². The van der Waals surface area contributed by atoms with Gasteiger partial charge in [0.05, 0.1) is 19.2 Å². The predicted octanol–water partition coefficient (Wildman–Crippen LogP) is 1.45. The molecule has 0 unspecified atom stereocenters. The minimum atomic E-state index is -0.558. The summed E-state index contributed by atoms with van der Waals surface area (Å²) in [5.41, 5.74) is 5.59. The maximum atomic E-state index is 12.7. The summed E-state index contributed by atoms with van der Waals surface area (Å²) >= 11 is 0. The first-order chi connectivity index (χ1) is 9.54. The summed E-state index contributed by atoms with van der Waals surface area (Å²) in [6.45, 7) is 3.26. The molecule has 0 aliphatic rings. The highest BCUT2D eigenvalue weighted by Gasteiger charge is 2.16. The first-order valence-electron chi connectivity index (χ1n) is 6.46. The van der Waals surface area contributed by atoms with Crippen LogP contribution in [0.5, 0.6) is 5.75 Å². The minimum absolute atomic E-state index is 0. The second-order valence-electron chi connectivity index (χ2n) is 4.41. The average molecular weight is 321 g/mol. The smallest absolute Gasteiger partial charge is 0.239 e. The Labute approximate surface area is 130 Å². The molecule has 0 saturated carbocycles. The van der Waals surface area contributed by atoms with Gasteiger partial charge in [-0.1, -0.05) is 0 Å². The van der Waals surface area contributed by atoms with Crippen LogP contribution >= 0.6 is 12.4 Å². The fourth-order valence-corrected chi connectivity index (χ4v) is 1.63. The van der Waals surface area contributed by atoms with Crippen LogP contribution in [-0.4, -0.2) is 50.3 Å². The standard InChI is InChI=1S/C14H21FN2O3.ClH/c1-11(16)14(18)17(7-9-19-2)8-10-20-13-5-3-12(15)4-6-13;/h3-6,11H,7-10,16H2,1-2H3;1H/t11-;/m1./s1. The molecule has 0 aromatic heterocycles. The molecule has 0 saturated heterocycles. The number of rotatable bonds is 8. The zero-order valence-electron chi connectivity index (χ0n) is 12.3. The van der Waals surface area contributed by atoms with Crippen LogP contribution in [0, 0.1) is 5.82 Å². The quantitative estimate of drug-likeness (QED) is 0.787. The van der Waals surface area contributed by atoms with E-state index in [0.29, 0.717) is 32.1 Å². The van der Waals surface area contributed by atoms with Gasteiger partial charge in [-0.3, -0.25) is 4.79 Å². The van der Waals surface area contributed by atoms with Gasteiger partial charge in [-0.15, -0.1) is 12.4 Å². The molecule has 0 aliphatic heterocycles. The SMILES string of the molecule is COCCN(CCOc1ccc(F)cc1)C(=O)[C@@H](C)N.Cl. The molecule has 0 bridgehead atoms. The van der Waals surface area contributed by atoms with Gasteiger partial charge in [-0.2, -0.15) is 0 Å². The Balaban J connectivity index is 0.00000400. The van der Waals surface area contributed by atoms with Crippen LogP contribution in [0.15, 0.2) is 24.3 Å². The van der Waals surface area contributed by atoms with E-state index in [4.69, 9.17) is 15.2 Å². The van der Waals surface area contributed by atoms with Gasteiger partial charge in [-0.05, 0) is 31.2 Å². The summed E-state index contributed by atoms with van der Waals surface area (Å²) in [6, 6.07) is 5.18. The lowest BCUT2D eigenvalue weighted by Gasteiger charge is -2.24. The lowest BCUT2D eigenvalue weighted by atomic mass is 10.3. The molecular formula is C14H22ClFN2O3. The van der Waals surface area contributed by atoms with E-state index in [1.807, 2.05) is 0 Å². The Morgan fingerprint density at radius 2 is 1.86 bits per heavy atom. The van der Waals surface area contributed by atoms with Crippen molar-refractivity contribution in [1.29, 1.82) is 0 Å².